The van der Waals surface area contributed by atoms with Gasteiger partial charge in [-0.1, -0.05) is 91.0 Å². The van der Waals surface area contributed by atoms with Gasteiger partial charge in [-0.15, -0.1) is 0 Å². The van der Waals surface area contributed by atoms with Crippen LogP contribution in [0.5, 0.6) is 0 Å². The lowest BCUT2D eigenvalue weighted by Crippen LogP contribution is -2.42. The first-order valence-electron chi connectivity index (χ1n) is 14.4. The summed E-state index contributed by atoms with van der Waals surface area (Å²) in [4.78, 5) is 46.8. The van der Waals surface area contributed by atoms with Crippen molar-refractivity contribution >= 4 is 44.8 Å². The molecule has 10 heteroatoms. The summed E-state index contributed by atoms with van der Waals surface area (Å²) in [5.74, 6) is -0.190. The van der Waals surface area contributed by atoms with Crippen LogP contribution in [0.25, 0.3) is 10.9 Å². The largest absolute Gasteiger partial charge is 0.465 e. The van der Waals surface area contributed by atoms with Crippen LogP contribution in [-0.2, 0) is 30.8 Å². The van der Waals surface area contributed by atoms with Crippen LogP contribution in [0.15, 0.2) is 111 Å². The maximum Gasteiger partial charge on any atom is 0.407 e. The van der Waals surface area contributed by atoms with Crippen LogP contribution in [-0.4, -0.2) is 45.0 Å². The highest BCUT2D eigenvalue weighted by atomic mass is 79.9. The number of carboxylic acid groups (broad SMARTS) is 1. The van der Waals surface area contributed by atoms with Crippen molar-refractivity contribution in [2.75, 3.05) is 12.4 Å². The third-order valence-corrected chi connectivity index (χ3v) is 8.20. The van der Waals surface area contributed by atoms with Crippen LogP contribution >= 0.6 is 15.9 Å². The number of benzene rings is 4. The normalized spacial score (nSPS) is 11.6. The molecule has 2 N–H and O–H groups in total. The van der Waals surface area contributed by atoms with E-state index in [1.165, 1.54) is 4.90 Å². The van der Waals surface area contributed by atoms with E-state index in [4.69, 9.17) is 4.42 Å². The Morgan fingerprint density at radius 1 is 0.889 bits per heavy atom. The van der Waals surface area contributed by atoms with Gasteiger partial charge < -0.3 is 19.7 Å². The van der Waals surface area contributed by atoms with Crippen molar-refractivity contribution < 1.29 is 19.1 Å². The fourth-order valence-corrected chi connectivity index (χ4v) is 5.80. The number of rotatable bonds is 11. The molecular weight excluding hydrogens is 636 g/mol. The van der Waals surface area contributed by atoms with Gasteiger partial charge in [0.1, 0.15) is 6.04 Å². The predicted molar refractivity (Wildman–Crippen MR) is 177 cm³/mol. The van der Waals surface area contributed by atoms with Gasteiger partial charge in [-0.25, -0.2) is 9.59 Å². The maximum atomic E-state index is 13.7. The van der Waals surface area contributed by atoms with Crippen LogP contribution in [0.4, 0.5) is 10.8 Å². The van der Waals surface area contributed by atoms with E-state index in [1.807, 2.05) is 91.0 Å². The zero-order valence-corrected chi connectivity index (χ0v) is 26.5. The van der Waals surface area contributed by atoms with Crippen molar-refractivity contribution in [1.29, 1.82) is 0 Å². The number of halogens is 1. The number of aryl methyl sites for hydroxylation is 1. The second-order valence-electron chi connectivity index (χ2n) is 10.9. The third kappa shape index (κ3) is 7.77. The van der Waals surface area contributed by atoms with Crippen LogP contribution < -0.4 is 10.9 Å². The number of fused-ring (bicyclic) bond motifs is 1. The second kappa shape index (κ2) is 14.2. The summed E-state index contributed by atoms with van der Waals surface area (Å²) in [6.07, 6.45) is -0.737. The Morgan fingerprint density at radius 2 is 1.44 bits per heavy atom. The summed E-state index contributed by atoms with van der Waals surface area (Å²) in [6, 6.07) is 29.5. The van der Waals surface area contributed by atoms with E-state index >= 15 is 0 Å². The molecule has 230 valence electrons. The first-order chi connectivity index (χ1) is 21.7. The summed E-state index contributed by atoms with van der Waals surface area (Å²) >= 11 is 3.54. The van der Waals surface area contributed by atoms with Crippen LogP contribution in [0, 0.1) is 6.92 Å². The first-order valence-corrected chi connectivity index (χ1v) is 15.2. The molecule has 0 aliphatic carbocycles. The lowest BCUT2D eigenvalue weighted by molar-refractivity contribution is -0.131. The summed E-state index contributed by atoms with van der Waals surface area (Å²) < 4.78 is 6.15. The molecule has 0 fully saturated rings. The van der Waals surface area contributed by atoms with E-state index in [1.54, 1.807) is 24.9 Å². The molecule has 0 saturated heterocycles. The van der Waals surface area contributed by atoms with E-state index in [0.717, 1.165) is 16.7 Å². The highest BCUT2D eigenvalue weighted by Crippen LogP contribution is 2.29. The molecule has 4 aromatic carbocycles. The van der Waals surface area contributed by atoms with Crippen molar-refractivity contribution in [2.45, 2.75) is 39.0 Å². The van der Waals surface area contributed by atoms with Gasteiger partial charge in [-0.05, 0) is 56.7 Å². The van der Waals surface area contributed by atoms with Gasteiger partial charge in [0, 0.05) is 37.6 Å². The fourth-order valence-electron chi connectivity index (χ4n) is 5.24. The number of anilines is 1. The van der Waals surface area contributed by atoms with Crippen molar-refractivity contribution in [1.82, 2.24) is 14.8 Å². The van der Waals surface area contributed by atoms with Gasteiger partial charge in [0.15, 0.2) is 0 Å². The van der Waals surface area contributed by atoms with Gasteiger partial charge in [0.05, 0.1) is 10.9 Å². The molecule has 5 aromatic rings. The lowest BCUT2D eigenvalue weighted by Gasteiger charge is -2.25. The summed E-state index contributed by atoms with van der Waals surface area (Å²) in [5.41, 5.74) is 3.69. The molecule has 0 radical (unpaired) electrons. The zero-order chi connectivity index (χ0) is 31.9. The molecule has 5 rings (SSSR count). The van der Waals surface area contributed by atoms with Gasteiger partial charge in [0.25, 0.3) is 6.01 Å². The van der Waals surface area contributed by atoms with Gasteiger partial charge in [0.2, 0.25) is 5.91 Å². The van der Waals surface area contributed by atoms with Crippen molar-refractivity contribution in [3.63, 3.8) is 0 Å². The number of likely N-dealkylation sites (N-methyl/N-ethyl adjacent to an activating group) is 1. The smallest absolute Gasteiger partial charge is 0.407 e. The lowest BCUT2D eigenvalue weighted by atomic mass is 10.0. The zero-order valence-electron chi connectivity index (χ0n) is 24.9. The van der Waals surface area contributed by atoms with E-state index in [0.29, 0.717) is 34.1 Å². The molecule has 0 bridgehead atoms. The molecular formula is C35H33BrN4O5. The number of amides is 2. The summed E-state index contributed by atoms with van der Waals surface area (Å²) in [7, 11) is 1.73. The SMILES string of the molecule is Cc1c(CN(Cc2ccccc2)C(=O)O)cc(Br)c2nc(NC(Cc3ccccc3)C(=O)N(C)Cc3ccccc3)oc(=O)c12. The van der Waals surface area contributed by atoms with Crippen molar-refractivity contribution in [2.24, 2.45) is 0 Å². The van der Waals surface area contributed by atoms with Gasteiger partial charge >= 0.3 is 11.7 Å². The molecule has 45 heavy (non-hydrogen) atoms. The number of carbonyl (C=O) groups is 2. The number of hydrogen-bond donors (Lipinski definition) is 2. The summed E-state index contributed by atoms with van der Waals surface area (Å²) in [6.45, 7) is 2.41. The Labute approximate surface area is 269 Å². The molecule has 0 saturated carbocycles. The topological polar surface area (TPSA) is 116 Å². The average molecular weight is 670 g/mol. The molecule has 0 aliphatic heterocycles. The molecule has 1 atom stereocenters. The summed E-state index contributed by atoms with van der Waals surface area (Å²) in [5, 5.41) is 13.2. The minimum atomic E-state index is -1.08. The van der Waals surface area contributed by atoms with E-state index < -0.39 is 17.8 Å². The first kappa shape index (κ1) is 31.5. The molecule has 0 spiro atoms. The highest BCUT2D eigenvalue weighted by Gasteiger charge is 2.26. The molecule has 1 aromatic heterocycles. The Morgan fingerprint density at radius 3 is 2.02 bits per heavy atom. The van der Waals surface area contributed by atoms with Crippen LogP contribution in [0.3, 0.4) is 0 Å². The Balaban J connectivity index is 1.44. The van der Waals surface area contributed by atoms with E-state index in [2.05, 4.69) is 26.2 Å². The monoisotopic (exact) mass is 668 g/mol. The Hall–Kier alpha value is -4.96. The minimum Gasteiger partial charge on any atom is -0.465 e. The maximum absolute atomic E-state index is 13.7. The van der Waals surface area contributed by atoms with Gasteiger partial charge in [-0.3, -0.25) is 9.69 Å². The molecule has 0 aliphatic rings. The number of carbonyl (C=O) groups excluding carboxylic acids is 1. The molecule has 9 nitrogen and oxygen atoms in total. The third-order valence-electron chi connectivity index (χ3n) is 7.59. The predicted octanol–water partition coefficient (Wildman–Crippen LogP) is 6.62. The molecule has 1 heterocycles. The van der Waals surface area contributed by atoms with Crippen molar-refractivity contribution in [3.8, 4) is 0 Å². The quantitative estimate of drug-likeness (QED) is 0.162. The highest BCUT2D eigenvalue weighted by molar-refractivity contribution is 9.10. The van der Waals surface area contributed by atoms with E-state index in [9.17, 15) is 19.5 Å². The molecule has 1 unspecified atom stereocenters. The second-order valence-corrected chi connectivity index (χ2v) is 11.7. The average Bonchev–Trinajstić information content (AvgIpc) is 3.03. The van der Waals surface area contributed by atoms with Crippen LogP contribution in [0.2, 0.25) is 0 Å². The number of hydrogen-bond acceptors (Lipinski definition) is 6. The Kier molecular flexibility index (Phi) is 9.94. The fraction of sp³-hybridized carbons (Fsp3) is 0.200. The standard InChI is InChI=1S/C35H33BrN4O5/c1-23-27(22-40(35(43)44)21-26-16-10-5-11-17-26)19-28(36)31-30(23)33(42)45-34(38-31)37-29(18-24-12-6-3-7-13-24)32(41)39(2)20-25-14-8-4-9-15-25/h3-17,19,29H,18,20-22H2,1-2H3,(H,37,38)(H,43,44). The Bertz CT molecular complexity index is 1850. The molecule has 2 amide bonds. The number of nitrogens with one attached hydrogen (secondary N) is 1. The van der Waals surface area contributed by atoms with E-state index in [-0.39, 0.29) is 30.4 Å². The van der Waals surface area contributed by atoms with Gasteiger partial charge in [-0.2, -0.15) is 4.98 Å². The number of nitrogens with zero attached hydrogens (tertiary/aromatic N) is 3. The van der Waals surface area contributed by atoms with Crippen LogP contribution in [0.1, 0.15) is 27.8 Å². The minimum absolute atomic E-state index is 0.0610. The number of aromatic nitrogens is 1. The van der Waals surface area contributed by atoms with Crippen molar-refractivity contribution in [3.05, 3.63) is 140 Å².